The number of carbonyl (C=O) groups excluding carboxylic acids is 1. The Morgan fingerprint density at radius 3 is 1.94 bits per heavy atom. The largest absolute Gasteiger partial charge is 2.00 e. The molecule has 0 saturated carbocycles. The Labute approximate surface area is 118 Å². The maximum Gasteiger partial charge on any atom is 2.00 e. The van der Waals surface area contributed by atoms with Crippen LogP contribution in [-0.4, -0.2) is 86.4 Å². The summed E-state index contributed by atoms with van der Waals surface area (Å²) in [5.41, 5.74) is 0. The summed E-state index contributed by atoms with van der Waals surface area (Å²) in [4.78, 5) is 30.8. The van der Waals surface area contributed by atoms with Gasteiger partial charge in [0.05, 0.1) is 6.61 Å². The molecule has 5 N–H and O–H groups in total. The molecule has 0 aliphatic carbocycles. The van der Waals surface area contributed by atoms with Gasteiger partial charge in [-0.25, -0.2) is 4.79 Å². The molecule has 0 aromatic rings. The van der Waals surface area contributed by atoms with Gasteiger partial charge < -0.3 is 44.4 Å². The minimum atomic E-state index is -5.69. The molecule has 0 saturated heterocycles. The molecule has 0 spiro atoms. The predicted molar refractivity (Wildman–Crippen MR) is 50.6 cm³/mol. The van der Waals surface area contributed by atoms with Gasteiger partial charge in [0.1, 0.15) is 26.1 Å². The van der Waals surface area contributed by atoms with Gasteiger partial charge in [-0.15, -0.1) is 0 Å². The van der Waals surface area contributed by atoms with Crippen molar-refractivity contribution in [1.29, 1.82) is 0 Å². The molecular weight excluding hydrogens is 382 g/mol. The van der Waals surface area contributed by atoms with Crippen molar-refractivity contribution in [1.82, 2.24) is 0 Å². The van der Waals surface area contributed by atoms with Gasteiger partial charge in [-0.2, -0.15) is 0 Å². The summed E-state index contributed by atoms with van der Waals surface area (Å²) >= 11 is 0. The molecule has 10 nitrogen and oxygen atoms in total. The molecule has 0 rings (SSSR count). The van der Waals surface area contributed by atoms with Crippen LogP contribution in [0.4, 0.5) is 0 Å². The molecular formula is C6H11O10PSn. The Morgan fingerprint density at radius 1 is 1.17 bits per heavy atom. The topological polar surface area (TPSA) is 191 Å². The van der Waals surface area contributed by atoms with E-state index in [4.69, 9.17) is 25.5 Å². The van der Waals surface area contributed by atoms with Gasteiger partial charge >= 0.3 is 29.9 Å². The third-order valence-electron chi connectivity index (χ3n) is 1.70. The Morgan fingerprint density at radius 2 is 1.61 bits per heavy atom. The fourth-order valence-electron chi connectivity index (χ4n) is 0.826. The molecule has 0 bridgehead atoms. The summed E-state index contributed by atoms with van der Waals surface area (Å²) in [5, 5.41) is 44.4. The van der Waals surface area contributed by atoms with Crippen molar-refractivity contribution >= 4 is 37.7 Å². The zero-order chi connectivity index (χ0) is 13.8. The van der Waals surface area contributed by atoms with Crippen molar-refractivity contribution < 1.29 is 49.2 Å². The number of hydrogen-bond donors (Lipinski definition) is 5. The van der Waals surface area contributed by atoms with E-state index in [0.717, 1.165) is 0 Å². The van der Waals surface area contributed by atoms with Crippen LogP contribution in [-0.2, 0) is 13.9 Å². The van der Waals surface area contributed by atoms with Crippen LogP contribution >= 0.6 is 7.82 Å². The minimum Gasteiger partial charge on any atom is -0.780 e. The average Bonchev–Trinajstić information content (AvgIpc) is 2.22. The number of aliphatic hydroxyl groups excluding tert-OH is 5. The standard InChI is InChI=1S/C6H13O10P.Sn/c7-1-2(8)3(9)4(10)5(11)6(12)16-17(13,14)15;/h2-5,7-11H,1H2,(H2,13,14,15);/q;+2/p-2/t2-,3-,4+,5-;/m1./s1. The fraction of sp³-hybridized carbons (Fsp3) is 0.833. The normalized spacial score (nSPS) is 18.2. The Balaban J connectivity index is 0. The van der Waals surface area contributed by atoms with Crippen LogP contribution in [0.25, 0.3) is 0 Å². The molecule has 0 aliphatic rings. The molecule has 0 heterocycles. The predicted octanol–water partition coefficient (Wildman–Crippen LogP) is -5.59. The van der Waals surface area contributed by atoms with Crippen molar-refractivity contribution in [2.45, 2.75) is 24.4 Å². The second-order valence-electron chi connectivity index (χ2n) is 3.03. The number of rotatable bonds is 6. The van der Waals surface area contributed by atoms with Crippen LogP contribution in [0, 0.1) is 0 Å². The van der Waals surface area contributed by atoms with Crippen molar-refractivity contribution in [2.75, 3.05) is 6.61 Å². The second kappa shape index (κ2) is 8.40. The third kappa shape index (κ3) is 6.97. The average molecular weight is 393 g/mol. The number of carbonyl (C=O) groups is 1. The smallest absolute Gasteiger partial charge is 0.780 e. The van der Waals surface area contributed by atoms with Crippen LogP contribution in [0.2, 0.25) is 0 Å². The van der Waals surface area contributed by atoms with E-state index in [-0.39, 0.29) is 23.9 Å². The van der Waals surface area contributed by atoms with Crippen LogP contribution in [0.1, 0.15) is 0 Å². The van der Waals surface area contributed by atoms with Crippen molar-refractivity contribution in [2.24, 2.45) is 0 Å². The maximum atomic E-state index is 10.8. The first-order valence-electron chi connectivity index (χ1n) is 4.18. The summed E-state index contributed by atoms with van der Waals surface area (Å²) in [5.74, 6) is -2.00. The van der Waals surface area contributed by atoms with Crippen LogP contribution in [0.3, 0.4) is 0 Å². The van der Waals surface area contributed by atoms with Crippen molar-refractivity contribution in [3.05, 3.63) is 0 Å². The third-order valence-corrected chi connectivity index (χ3v) is 2.10. The molecule has 18 heavy (non-hydrogen) atoms. The molecule has 0 amide bonds. The number of aliphatic hydroxyl groups is 5. The quantitative estimate of drug-likeness (QED) is 0.215. The first-order valence-corrected chi connectivity index (χ1v) is 5.65. The number of phosphoric ester groups is 1. The van der Waals surface area contributed by atoms with Crippen LogP contribution < -0.4 is 9.79 Å². The van der Waals surface area contributed by atoms with Gasteiger partial charge in [0.25, 0.3) is 0 Å². The van der Waals surface area contributed by atoms with E-state index < -0.39 is 44.8 Å². The van der Waals surface area contributed by atoms with Gasteiger partial charge in [0.15, 0.2) is 6.10 Å². The second-order valence-corrected chi connectivity index (χ2v) is 4.11. The van der Waals surface area contributed by atoms with Gasteiger partial charge in [-0.05, 0) is 0 Å². The van der Waals surface area contributed by atoms with Crippen molar-refractivity contribution in [3.8, 4) is 0 Å². The Hall–Kier alpha value is 0.219. The van der Waals surface area contributed by atoms with Gasteiger partial charge in [-0.1, -0.05) is 0 Å². The van der Waals surface area contributed by atoms with Crippen LogP contribution in [0.15, 0.2) is 0 Å². The molecule has 0 aromatic carbocycles. The number of hydrogen-bond acceptors (Lipinski definition) is 10. The van der Waals surface area contributed by atoms with Crippen molar-refractivity contribution in [3.63, 3.8) is 0 Å². The Bertz CT molecular complexity index is 305. The van der Waals surface area contributed by atoms with E-state index in [9.17, 15) is 19.1 Å². The Kier molecular flexibility index (Phi) is 9.58. The monoisotopic (exact) mass is 394 g/mol. The van der Waals surface area contributed by atoms with Gasteiger partial charge in [0, 0.05) is 0 Å². The van der Waals surface area contributed by atoms with Crippen LogP contribution in [0.5, 0.6) is 0 Å². The number of phosphoric acid groups is 1. The molecule has 0 aromatic heterocycles. The SMILES string of the molecule is O=C(OP(=O)([O-])[O-])[C@H](O)[C@@H](O)[C@H](O)[C@H](O)CO.[Sn+2]. The first-order chi connectivity index (χ1) is 7.60. The molecule has 4 atom stereocenters. The van der Waals surface area contributed by atoms with E-state index in [1.165, 1.54) is 0 Å². The van der Waals surface area contributed by atoms with E-state index in [0.29, 0.717) is 0 Å². The zero-order valence-corrected chi connectivity index (χ0v) is 12.5. The summed E-state index contributed by atoms with van der Waals surface area (Å²) < 4.78 is 13.2. The van der Waals surface area contributed by atoms with E-state index in [2.05, 4.69) is 4.52 Å². The first kappa shape index (κ1) is 20.5. The fourth-order valence-corrected chi connectivity index (χ4v) is 1.15. The summed E-state index contributed by atoms with van der Waals surface area (Å²) in [6.07, 6.45) is -8.92. The molecule has 12 heteroatoms. The van der Waals surface area contributed by atoms with E-state index in [1.54, 1.807) is 0 Å². The summed E-state index contributed by atoms with van der Waals surface area (Å²) in [6.45, 7) is -0.985. The molecule has 0 fully saturated rings. The van der Waals surface area contributed by atoms with E-state index in [1.807, 2.05) is 0 Å². The molecule has 0 aliphatic heterocycles. The zero-order valence-electron chi connectivity index (χ0n) is 8.74. The maximum absolute atomic E-state index is 10.8. The summed E-state index contributed by atoms with van der Waals surface area (Å²) in [7, 11) is -5.69. The molecule has 104 valence electrons. The minimum absolute atomic E-state index is 0. The van der Waals surface area contributed by atoms with Gasteiger partial charge in [0.2, 0.25) is 0 Å². The molecule has 2 radical (unpaired) electrons. The summed E-state index contributed by atoms with van der Waals surface area (Å²) in [6, 6.07) is 0. The van der Waals surface area contributed by atoms with E-state index >= 15 is 0 Å². The molecule has 0 unspecified atom stereocenters. The van der Waals surface area contributed by atoms with Gasteiger partial charge in [-0.3, -0.25) is 0 Å².